The molecule has 5 nitrogen and oxygen atoms in total. The summed E-state index contributed by atoms with van der Waals surface area (Å²) >= 11 is 0. The molecule has 0 spiro atoms. The highest BCUT2D eigenvalue weighted by Crippen LogP contribution is 2.08. The minimum Gasteiger partial charge on any atom is -0.458 e. The predicted octanol–water partition coefficient (Wildman–Crippen LogP) is 2.88. The standard InChI is InChI=1S/C19H18O5/c1-13-3-7-15(8-4-13)18(21)23-12-17(11-20)24-19(22)16-9-5-14(2)6-10-16/h3-11,17H,12H2,1-2H3. The number of carbonyl (C=O) groups excluding carboxylic acids is 3. The number of esters is 2. The number of ether oxygens (including phenoxy) is 2. The van der Waals surface area contributed by atoms with E-state index in [2.05, 4.69) is 0 Å². The fourth-order valence-electron chi connectivity index (χ4n) is 1.93. The molecule has 0 aliphatic rings. The van der Waals surface area contributed by atoms with E-state index in [9.17, 15) is 14.4 Å². The highest BCUT2D eigenvalue weighted by Gasteiger charge is 2.18. The first-order valence-corrected chi connectivity index (χ1v) is 7.46. The Morgan fingerprint density at radius 1 is 0.875 bits per heavy atom. The van der Waals surface area contributed by atoms with Crippen LogP contribution in [0.4, 0.5) is 0 Å². The zero-order valence-corrected chi connectivity index (χ0v) is 13.5. The van der Waals surface area contributed by atoms with Gasteiger partial charge in [-0.25, -0.2) is 9.59 Å². The molecule has 0 saturated heterocycles. The van der Waals surface area contributed by atoms with Crippen molar-refractivity contribution in [3.63, 3.8) is 0 Å². The van der Waals surface area contributed by atoms with E-state index in [0.717, 1.165) is 11.1 Å². The van der Waals surface area contributed by atoms with E-state index in [1.807, 2.05) is 13.8 Å². The molecule has 0 aliphatic carbocycles. The summed E-state index contributed by atoms with van der Waals surface area (Å²) in [6.07, 6.45) is -0.706. The Morgan fingerprint density at radius 2 is 1.33 bits per heavy atom. The molecular weight excluding hydrogens is 308 g/mol. The molecule has 0 amide bonds. The molecule has 0 N–H and O–H groups in total. The Bertz CT molecular complexity index is 716. The highest BCUT2D eigenvalue weighted by atomic mass is 16.6. The van der Waals surface area contributed by atoms with Gasteiger partial charge in [-0.05, 0) is 38.1 Å². The quantitative estimate of drug-likeness (QED) is 0.603. The Kier molecular flexibility index (Phi) is 5.84. The SMILES string of the molecule is Cc1ccc(C(=O)OCC(C=O)OC(=O)c2ccc(C)cc2)cc1. The molecule has 2 rings (SSSR count). The topological polar surface area (TPSA) is 69.7 Å². The molecule has 0 aromatic heterocycles. The van der Waals surface area contributed by atoms with Crippen LogP contribution in [0.3, 0.4) is 0 Å². The summed E-state index contributed by atoms with van der Waals surface area (Å²) in [5.41, 5.74) is 2.72. The molecule has 24 heavy (non-hydrogen) atoms. The smallest absolute Gasteiger partial charge is 0.338 e. The van der Waals surface area contributed by atoms with Crippen LogP contribution < -0.4 is 0 Å². The zero-order valence-electron chi connectivity index (χ0n) is 13.5. The molecule has 2 aromatic rings. The molecular formula is C19H18O5. The molecule has 0 fully saturated rings. The van der Waals surface area contributed by atoms with E-state index in [-0.39, 0.29) is 6.61 Å². The summed E-state index contributed by atoms with van der Waals surface area (Å²) in [5.74, 6) is -1.22. The third kappa shape index (κ3) is 4.78. The van der Waals surface area contributed by atoms with E-state index in [4.69, 9.17) is 9.47 Å². The summed E-state index contributed by atoms with van der Waals surface area (Å²) in [6.45, 7) is 3.48. The Labute approximate surface area is 140 Å². The molecule has 1 unspecified atom stereocenters. The number of carbonyl (C=O) groups is 3. The second-order valence-electron chi connectivity index (χ2n) is 5.41. The normalized spacial score (nSPS) is 11.4. The van der Waals surface area contributed by atoms with Gasteiger partial charge in [-0.15, -0.1) is 0 Å². The van der Waals surface area contributed by atoms with Crippen LogP contribution in [-0.4, -0.2) is 30.9 Å². The lowest BCUT2D eigenvalue weighted by atomic mass is 10.1. The van der Waals surface area contributed by atoms with Crippen molar-refractivity contribution in [3.05, 3.63) is 70.8 Å². The van der Waals surface area contributed by atoms with E-state index >= 15 is 0 Å². The fraction of sp³-hybridized carbons (Fsp3) is 0.211. The number of aryl methyl sites for hydroxylation is 2. The van der Waals surface area contributed by atoms with Crippen molar-refractivity contribution in [2.45, 2.75) is 20.0 Å². The highest BCUT2D eigenvalue weighted by molar-refractivity contribution is 5.91. The molecule has 124 valence electrons. The maximum atomic E-state index is 12.0. The fourth-order valence-corrected chi connectivity index (χ4v) is 1.93. The van der Waals surface area contributed by atoms with Crippen molar-refractivity contribution in [2.75, 3.05) is 6.61 Å². The average molecular weight is 326 g/mol. The van der Waals surface area contributed by atoms with Crippen LogP contribution >= 0.6 is 0 Å². The molecule has 0 aliphatic heterocycles. The van der Waals surface area contributed by atoms with Crippen molar-refractivity contribution in [1.82, 2.24) is 0 Å². The van der Waals surface area contributed by atoms with Gasteiger partial charge in [0.15, 0.2) is 12.4 Å². The molecule has 0 saturated carbocycles. The Morgan fingerprint density at radius 3 is 1.79 bits per heavy atom. The number of hydrogen-bond donors (Lipinski definition) is 0. The van der Waals surface area contributed by atoms with Crippen molar-refractivity contribution < 1.29 is 23.9 Å². The van der Waals surface area contributed by atoms with Gasteiger partial charge < -0.3 is 9.47 Å². The lowest BCUT2D eigenvalue weighted by Crippen LogP contribution is -2.26. The van der Waals surface area contributed by atoms with E-state index in [1.165, 1.54) is 0 Å². The minimum absolute atomic E-state index is 0.326. The first kappa shape index (κ1) is 17.4. The van der Waals surface area contributed by atoms with Crippen molar-refractivity contribution >= 4 is 18.2 Å². The van der Waals surface area contributed by atoms with Gasteiger partial charge in [-0.1, -0.05) is 35.4 Å². The lowest BCUT2D eigenvalue weighted by Gasteiger charge is -2.13. The van der Waals surface area contributed by atoms with Gasteiger partial charge in [0.05, 0.1) is 11.1 Å². The van der Waals surface area contributed by atoms with Gasteiger partial charge in [0, 0.05) is 0 Å². The van der Waals surface area contributed by atoms with Gasteiger partial charge in [-0.2, -0.15) is 0 Å². The van der Waals surface area contributed by atoms with E-state index in [0.29, 0.717) is 17.4 Å². The van der Waals surface area contributed by atoms with Crippen molar-refractivity contribution in [1.29, 1.82) is 0 Å². The van der Waals surface area contributed by atoms with Gasteiger partial charge in [0.25, 0.3) is 0 Å². The third-order valence-corrected chi connectivity index (χ3v) is 3.36. The molecule has 5 heteroatoms. The van der Waals surface area contributed by atoms with Gasteiger partial charge in [0.1, 0.15) is 6.61 Å². The average Bonchev–Trinajstić information content (AvgIpc) is 2.59. The number of benzene rings is 2. The molecule has 0 heterocycles. The summed E-state index contributed by atoms with van der Waals surface area (Å²) in [6, 6.07) is 13.6. The number of rotatable bonds is 6. The monoisotopic (exact) mass is 326 g/mol. The lowest BCUT2D eigenvalue weighted by molar-refractivity contribution is -0.117. The van der Waals surface area contributed by atoms with Crippen LogP contribution in [0.15, 0.2) is 48.5 Å². The second kappa shape index (κ2) is 8.06. The molecule has 2 aromatic carbocycles. The molecule has 1 atom stereocenters. The Hall–Kier alpha value is -2.95. The van der Waals surface area contributed by atoms with Gasteiger partial charge in [-0.3, -0.25) is 4.79 Å². The van der Waals surface area contributed by atoms with Crippen molar-refractivity contribution in [3.8, 4) is 0 Å². The van der Waals surface area contributed by atoms with Crippen LogP contribution in [0, 0.1) is 13.8 Å². The number of aldehydes is 1. The maximum absolute atomic E-state index is 12.0. The van der Waals surface area contributed by atoms with Crippen LogP contribution in [0.2, 0.25) is 0 Å². The third-order valence-electron chi connectivity index (χ3n) is 3.36. The first-order valence-electron chi connectivity index (χ1n) is 7.46. The first-order chi connectivity index (χ1) is 11.5. The minimum atomic E-state index is -1.15. The van der Waals surface area contributed by atoms with Crippen molar-refractivity contribution in [2.24, 2.45) is 0 Å². The van der Waals surface area contributed by atoms with Crippen LogP contribution in [0.1, 0.15) is 31.8 Å². The molecule has 0 radical (unpaired) electrons. The molecule has 0 bridgehead atoms. The van der Waals surface area contributed by atoms with Crippen LogP contribution in [0.5, 0.6) is 0 Å². The summed E-state index contributed by atoms with van der Waals surface area (Å²) in [4.78, 5) is 34.9. The van der Waals surface area contributed by atoms with E-state index in [1.54, 1.807) is 48.5 Å². The van der Waals surface area contributed by atoms with Gasteiger partial charge in [0.2, 0.25) is 0 Å². The van der Waals surface area contributed by atoms with E-state index < -0.39 is 18.0 Å². The largest absolute Gasteiger partial charge is 0.458 e. The van der Waals surface area contributed by atoms with Gasteiger partial charge >= 0.3 is 11.9 Å². The summed E-state index contributed by atoms with van der Waals surface area (Å²) in [7, 11) is 0. The maximum Gasteiger partial charge on any atom is 0.338 e. The zero-order chi connectivity index (χ0) is 17.5. The van der Waals surface area contributed by atoms with Crippen LogP contribution in [-0.2, 0) is 14.3 Å². The second-order valence-corrected chi connectivity index (χ2v) is 5.41. The van der Waals surface area contributed by atoms with Crippen LogP contribution in [0.25, 0.3) is 0 Å². The summed E-state index contributed by atoms with van der Waals surface area (Å²) < 4.78 is 10.1. The Balaban J connectivity index is 1.90. The summed E-state index contributed by atoms with van der Waals surface area (Å²) in [5, 5.41) is 0. The number of hydrogen-bond acceptors (Lipinski definition) is 5. The predicted molar refractivity (Wildman–Crippen MR) is 87.9 cm³/mol.